The van der Waals surface area contributed by atoms with Crippen LogP contribution in [0.5, 0.6) is 5.75 Å². The highest BCUT2D eigenvalue weighted by molar-refractivity contribution is 5.39. The molecule has 2 fully saturated rings. The zero-order valence-corrected chi connectivity index (χ0v) is 12.1. The van der Waals surface area contributed by atoms with Gasteiger partial charge in [0.1, 0.15) is 11.9 Å². The highest BCUT2D eigenvalue weighted by Crippen LogP contribution is 2.39. The van der Waals surface area contributed by atoms with Crippen LogP contribution in [0.15, 0.2) is 24.3 Å². The topological polar surface area (TPSA) is 44.5 Å². The molecule has 3 rings (SSSR count). The van der Waals surface area contributed by atoms with E-state index in [0.717, 1.165) is 44.6 Å². The van der Waals surface area contributed by atoms with Gasteiger partial charge in [0.05, 0.1) is 13.2 Å². The van der Waals surface area contributed by atoms with Gasteiger partial charge in [0.15, 0.2) is 0 Å². The van der Waals surface area contributed by atoms with Crippen molar-refractivity contribution >= 4 is 0 Å². The summed E-state index contributed by atoms with van der Waals surface area (Å²) in [5, 5.41) is 0. The molecule has 20 heavy (non-hydrogen) atoms. The monoisotopic (exact) mass is 275 g/mol. The summed E-state index contributed by atoms with van der Waals surface area (Å²) in [6, 6.07) is 8.35. The third-order valence-electron chi connectivity index (χ3n) is 4.63. The van der Waals surface area contributed by atoms with Crippen LogP contribution in [0, 0.1) is 0 Å². The molecule has 3 nitrogen and oxygen atoms in total. The molecule has 1 aliphatic carbocycles. The maximum Gasteiger partial charge on any atom is 0.124 e. The first-order chi connectivity index (χ1) is 9.78. The molecule has 2 aliphatic rings. The number of para-hydroxylation sites is 1. The first-order valence-corrected chi connectivity index (χ1v) is 7.91. The van der Waals surface area contributed by atoms with Crippen molar-refractivity contribution in [3.8, 4) is 5.75 Å². The average Bonchev–Trinajstić information content (AvgIpc) is 2.49. The van der Waals surface area contributed by atoms with E-state index in [1.165, 1.54) is 24.8 Å². The van der Waals surface area contributed by atoms with Gasteiger partial charge in [-0.3, -0.25) is 0 Å². The van der Waals surface area contributed by atoms with Gasteiger partial charge in [0, 0.05) is 23.9 Å². The van der Waals surface area contributed by atoms with Crippen molar-refractivity contribution in [1.29, 1.82) is 0 Å². The predicted octanol–water partition coefficient (Wildman–Crippen LogP) is 3.36. The maximum absolute atomic E-state index is 6.68. The third-order valence-corrected chi connectivity index (χ3v) is 4.63. The lowest BCUT2D eigenvalue weighted by atomic mass is 9.77. The van der Waals surface area contributed by atoms with E-state index in [0.29, 0.717) is 0 Å². The Labute approximate surface area is 121 Å². The SMILES string of the molecule is NC1(c2ccccc2OC2CCOCC2)CCCCC1. The normalized spacial score (nSPS) is 23.4. The van der Waals surface area contributed by atoms with Crippen molar-refractivity contribution < 1.29 is 9.47 Å². The van der Waals surface area contributed by atoms with E-state index >= 15 is 0 Å². The van der Waals surface area contributed by atoms with Crippen LogP contribution in [0.4, 0.5) is 0 Å². The lowest BCUT2D eigenvalue weighted by Crippen LogP contribution is -2.39. The molecule has 3 heteroatoms. The lowest BCUT2D eigenvalue weighted by Gasteiger charge is -2.36. The van der Waals surface area contributed by atoms with Gasteiger partial charge in [0.25, 0.3) is 0 Å². The number of hydrogen-bond acceptors (Lipinski definition) is 3. The van der Waals surface area contributed by atoms with Crippen LogP contribution in [0.2, 0.25) is 0 Å². The molecule has 0 radical (unpaired) electrons. The van der Waals surface area contributed by atoms with E-state index in [2.05, 4.69) is 18.2 Å². The summed E-state index contributed by atoms with van der Waals surface area (Å²) >= 11 is 0. The second-order valence-electron chi connectivity index (χ2n) is 6.14. The van der Waals surface area contributed by atoms with Crippen LogP contribution >= 0.6 is 0 Å². The second-order valence-corrected chi connectivity index (χ2v) is 6.14. The van der Waals surface area contributed by atoms with E-state index < -0.39 is 0 Å². The Morgan fingerprint density at radius 1 is 1.05 bits per heavy atom. The van der Waals surface area contributed by atoms with E-state index in [4.69, 9.17) is 15.2 Å². The van der Waals surface area contributed by atoms with Gasteiger partial charge in [-0.25, -0.2) is 0 Å². The molecule has 0 atom stereocenters. The fourth-order valence-corrected chi connectivity index (χ4v) is 3.41. The molecule has 1 saturated carbocycles. The van der Waals surface area contributed by atoms with Gasteiger partial charge in [-0.2, -0.15) is 0 Å². The summed E-state index contributed by atoms with van der Waals surface area (Å²) < 4.78 is 11.6. The molecule has 110 valence electrons. The highest BCUT2D eigenvalue weighted by Gasteiger charge is 2.32. The van der Waals surface area contributed by atoms with Gasteiger partial charge >= 0.3 is 0 Å². The molecular weight excluding hydrogens is 250 g/mol. The first kappa shape index (κ1) is 13.9. The molecule has 1 aromatic rings. The van der Waals surface area contributed by atoms with Crippen LogP contribution in [-0.4, -0.2) is 19.3 Å². The van der Waals surface area contributed by atoms with Crippen LogP contribution < -0.4 is 10.5 Å². The van der Waals surface area contributed by atoms with Crippen LogP contribution in [0.25, 0.3) is 0 Å². The smallest absolute Gasteiger partial charge is 0.124 e. The Morgan fingerprint density at radius 3 is 2.50 bits per heavy atom. The van der Waals surface area contributed by atoms with Gasteiger partial charge in [0.2, 0.25) is 0 Å². The van der Waals surface area contributed by atoms with E-state index in [9.17, 15) is 0 Å². The Hall–Kier alpha value is -1.06. The Balaban J connectivity index is 1.80. The number of hydrogen-bond donors (Lipinski definition) is 1. The van der Waals surface area contributed by atoms with Gasteiger partial charge in [-0.15, -0.1) is 0 Å². The zero-order chi connectivity index (χ0) is 13.8. The molecule has 0 bridgehead atoms. The van der Waals surface area contributed by atoms with Crippen molar-refractivity contribution in [2.24, 2.45) is 5.73 Å². The summed E-state index contributed by atoms with van der Waals surface area (Å²) in [7, 11) is 0. The maximum atomic E-state index is 6.68. The van der Waals surface area contributed by atoms with Crippen LogP contribution in [0.1, 0.15) is 50.5 Å². The van der Waals surface area contributed by atoms with E-state index in [-0.39, 0.29) is 11.6 Å². The third kappa shape index (κ3) is 2.99. The molecule has 1 aliphatic heterocycles. The average molecular weight is 275 g/mol. The fraction of sp³-hybridized carbons (Fsp3) is 0.647. The Kier molecular flexibility index (Phi) is 4.27. The molecular formula is C17H25NO2. The zero-order valence-electron chi connectivity index (χ0n) is 12.1. The molecule has 1 saturated heterocycles. The van der Waals surface area contributed by atoms with E-state index in [1.807, 2.05) is 6.07 Å². The number of rotatable bonds is 3. The summed E-state index contributed by atoms with van der Waals surface area (Å²) in [4.78, 5) is 0. The molecule has 0 spiro atoms. The summed E-state index contributed by atoms with van der Waals surface area (Å²) in [5.41, 5.74) is 7.69. The Morgan fingerprint density at radius 2 is 1.75 bits per heavy atom. The molecule has 0 amide bonds. The van der Waals surface area contributed by atoms with E-state index in [1.54, 1.807) is 0 Å². The van der Waals surface area contributed by atoms with Crippen molar-refractivity contribution in [3.63, 3.8) is 0 Å². The highest BCUT2D eigenvalue weighted by atomic mass is 16.5. The molecule has 0 unspecified atom stereocenters. The summed E-state index contributed by atoms with van der Waals surface area (Å²) in [5.74, 6) is 0.990. The first-order valence-electron chi connectivity index (χ1n) is 7.91. The number of nitrogens with two attached hydrogens (primary N) is 1. The standard InChI is InChI=1S/C17H25NO2/c18-17(10-4-1-5-11-17)15-6-2-3-7-16(15)20-14-8-12-19-13-9-14/h2-3,6-7,14H,1,4-5,8-13,18H2. The van der Waals surface area contributed by atoms with Crippen LogP contribution in [0.3, 0.4) is 0 Å². The number of benzene rings is 1. The van der Waals surface area contributed by atoms with Gasteiger partial charge in [-0.1, -0.05) is 37.5 Å². The minimum atomic E-state index is -0.194. The molecule has 0 aromatic heterocycles. The van der Waals surface area contributed by atoms with Gasteiger partial charge < -0.3 is 15.2 Å². The minimum Gasteiger partial charge on any atom is -0.490 e. The Bertz CT molecular complexity index is 434. The molecule has 1 heterocycles. The minimum absolute atomic E-state index is 0.194. The largest absolute Gasteiger partial charge is 0.490 e. The molecule has 1 aromatic carbocycles. The quantitative estimate of drug-likeness (QED) is 0.920. The van der Waals surface area contributed by atoms with Crippen molar-refractivity contribution in [2.75, 3.05) is 13.2 Å². The lowest BCUT2D eigenvalue weighted by molar-refractivity contribution is 0.0245. The van der Waals surface area contributed by atoms with Crippen molar-refractivity contribution in [3.05, 3.63) is 29.8 Å². The summed E-state index contributed by atoms with van der Waals surface area (Å²) in [6.07, 6.45) is 8.13. The molecule has 2 N–H and O–H groups in total. The fourth-order valence-electron chi connectivity index (χ4n) is 3.41. The summed E-state index contributed by atoms with van der Waals surface area (Å²) in [6.45, 7) is 1.61. The predicted molar refractivity (Wildman–Crippen MR) is 79.9 cm³/mol. The van der Waals surface area contributed by atoms with Crippen molar-refractivity contribution in [1.82, 2.24) is 0 Å². The van der Waals surface area contributed by atoms with Crippen molar-refractivity contribution in [2.45, 2.75) is 56.6 Å². The number of ether oxygens (including phenoxy) is 2. The van der Waals surface area contributed by atoms with Crippen LogP contribution in [-0.2, 0) is 10.3 Å². The second kappa shape index (κ2) is 6.15. The van der Waals surface area contributed by atoms with Gasteiger partial charge in [-0.05, 0) is 18.9 Å².